The molecule has 2 amide bonds. The van der Waals surface area contributed by atoms with Crippen molar-refractivity contribution in [1.29, 1.82) is 0 Å². The van der Waals surface area contributed by atoms with Crippen molar-refractivity contribution in [1.82, 2.24) is 10.9 Å². The lowest BCUT2D eigenvalue weighted by Crippen LogP contribution is -2.47. The number of hydrogen-bond acceptors (Lipinski definition) is 5. The van der Waals surface area contributed by atoms with Crippen LogP contribution < -0.4 is 15.6 Å². The van der Waals surface area contributed by atoms with Crippen molar-refractivity contribution in [2.45, 2.75) is 32.8 Å². The van der Waals surface area contributed by atoms with Crippen LogP contribution in [0.1, 0.15) is 26.7 Å². The molecule has 1 rings (SSSR count). The number of hydrogen-bond donors (Lipinski definition) is 2. The molecule has 2 N–H and O–H groups in total. The van der Waals surface area contributed by atoms with Crippen LogP contribution in [0.2, 0.25) is 0 Å². The van der Waals surface area contributed by atoms with Crippen molar-refractivity contribution in [3.8, 4) is 5.75 Å². The largest absolute Gasteiger partial charge is 0.481 e. The summed E-state index contributed by atoms with van der Waals surface area (Å²) < 4.78 is 22.7. The van der Waals surface area contributed by atoms with E-state index in [1.54, 1.807) is 6.92 Å². The standard InChI is InChI=1S/C15H19FN2O5/c1-3-22-14(20)9-8-13(19)17-18-15(21)10(2)23-12-6-4-11(16)5-7-12/h4-7,10H,3,8-9H2,1-2H3,(H,17,19)(H,18,21)/t10-/m1/s1. The highest BCUT2D eigenvalue weighted by Crippen LogP contribution is 2.12. The molecule has 1 aromatic carbocycles. The van der Waals surface area contributed by atoms with Gasteiger partial charge in [-0.05, 0) is 38.1 Å². The van der Waals surface area contributed by atoms with Gasteiger partial charge in [0.1, 0.15) is 11.6 Å². The van der Waals surface area contributed by atoms with Gasteiger partial charge in [0.15, 0.2) is 6.10 Å². The van der Waals surface area contributed by atoms with Crippen LogP contribution in [-0.4, -0.2) is 30.5 Å². The Labute approximate surface area is 133 Å². The third kappa shape index (κ3) is 7.25. The van der Waals surface area contributed by atoms with Gasteiger partial charge >= 0.3 is 5.97 Å². The molecule has 0 aliphatic rings. The van der Waals surface area contributed by atoms with Gasteiger partial charge in [-0.25, -0.2) is 4.39 Å². The monoisotopic (exact) mass is 326 g/mol. The number of hydrazine groups is 1. The summed E-state index contributed by atoms with van der Waals surface area (Å²) in [7, 11) is 0. The molecular weight excluding hydrogens is 307 g/mol. The van der Waals surface area contributed by atoms with Crippen molar-refractivity contribution >= 4 is 17.8 Å². The van der Waals surface area contributed by atoms with Gasteiger partial charge in [-0.3, -0.25) is 25.2 Å². The summed E-state index contributed by atoms with van der Waals surface area (Å²) in [5, 5.41) is 0. The number of nitrogens with one attached hydrogen (secondary N) is 2. The number of esters is 1. The second-order valence-corrected chi connectivity index (χ2v) is 4.56. The normalized spacial score (nSPS) is 11.3. The maximum atomic E-state index is 12.8. The predicted molar refractivity (Wildman–Crippen MR) is 78.6 cm³/mol. The Bertz CT molecular complexity index is 547. The molecule has 0 unspecified atom stereocenters. The van der Waals surface area contributed by atoms with Crippen LogP contribution in [0, 0.1) is 5.82 Å². The van der Waals surface area contributed by atoms with E-state index < -0.39 is 29.7 Å². The van der Waals surface area contributed by atoms with Gasteiger partial charge in [-0.15, -0.1) is 0 Å². The van der Waals surface area contributed by atoms with Crippen LogP contribution in [0.3, 0.4) is 0 Å². The summed E-state index contributed by atoms with van der Waals surface area (Å²) in [6, 6.07) is 5.18. The molecule has 1 atom stereocenters. The molecule has 0 radical (unpaired) electrons. The van der Waals surface area contributed by atoms with E-state index in [9.17, 15) is 18.8 Å². The van der Waals surface area contributed by atoms with Crippen molar-refractivity contribution in [2.24, 2.45) is 0 Å². The summed E-state index contributed by atoms with van der Waals surface area (Å²) in [6.45, 7) is 3.39. The van der Waals surface area contributed by atoms with E-state index in [4.69, 9.17) is 4.74 Å². The Balaban J connectivity index is 2.30. The van der Waals surface area contributed by atoms with Crippen LogP contribution in [-0.2, 0) is 19.1 Å². The van der Waals surface area contributed by atoms with Gasteiger partial charge < -0.3 is 9.47 Å². The fourth-order valence-electron chi connectivity index (χ4n) is 1.51. The number of amides is 2. The zero-order valence-electron chi connectivity index (χ0n) is 12.9. The number of halogens is 1. The molecule has 7 nitrogen and oxygen atoms in total. The van der Waals surface area contributed by atoms with E-state index in [0.717, 1.165) is 0 Å². The number of rotatable bonds is 7. The molecule has 8 heteroatoms. The maximum Gasteiger partial charge on any atom is 0.306 e. The lowest BCUT2D eigenvalue weighted by Gasteiger charge is -2.15. The van der Waals surface area contributed by atoms with Gasteiger partial charge in [-0.1, -0.05) is 0 Å². The highest BCUT2D eigenvalue weighted by atomic mass is 19.1. The maximum absolute atomic E-state index is 12.8. The van der Waals surface area contributed by atoms with Crippen LogP contribution in [0.15, 0.2) is 24.3 Å². The highest BCUT2D eigenvalue weighted by molar-refractivity contribution is 5.86. The van der Waals surface area contributed by atoms with Crippen molar-refractivity contribution in [2.75, 3.05) is 6.61 Å². The zero-order chi connectivity index (χ0) is 17.2. The fraction of sp³-hybridized carbons (Fsp3) is 0.400. The van der Waals surface area contributed by atoms with E-state index in [0.29, 0.717) is 5.75 Å². The summed E-state index contributed by atoms with van der Waals surface area (Å²) in [5.41, 5.74) is 4.35. The Morgan fingerprint density at radius 3 is 2.39 bits per heavy atom. The molecule has 126 valence electrons. The van der Waals surface area contributed by atoms with Crippen molar-refractivity contribution in [3.05, 3.63) is 30.1 Å². The van der Waals surface area contributed by atoms with Gasteiger partial charge in [0, 0.05) is 6.42 Å². The lowest BCUT2D eigenvalue weighted by atomic mass is 10.3. The van der Waals surface area contributed by atoms with E-state index in [1.807, 2.05) is 0 Å². The van der Waals surface area contributed by atoms with Crippen LogP contribution >= 0.6 is 0 Å². The quantitative estimate of drug-likeness (QED) is 0.578. The lowest BCUT2D eigenvalue weighted by molar-refractivity contribution is -0.144. The molecular formula is C15H19FN2O5. The first-order valence-electron chi connectivity index (χ1n) is 7.09. The van der Waals surface area contributed by atoms with Gasteiger partial charge in [-0.2, -0.15) is 0 Å². The summed E-state index contributed by atoms with van der Waals surface area (Å²) in [4.78, 5) is 34.3. The van der Waals surface area contributed by atoms with Crippen LogP contribution in [0.4, 0.5) is 4.39 Å². The van der Waals surface area contributed by atoms with Gasteiger partial charge in [0.05, 0.1) is 13.0 Å². The van der Waals surface area contributed by atoms with Gasteiger partial charge in [0.25, 0.3) is 5.91 Å². The Kier molecular flexibility index (Phi) is 7.52. The molecule has 1 aromatic rings. The van der Waals surface area contributed by atoms with Crippen molar-refractivity contribution in [3.63, 3.8) is 0 Å². The Hall–Kier alpha value is -2.64. The summed E-state index contributed by atoms with van der Waals surface area (Å²) in [6.07, 6.45) is -1.07. The Morgan fingerprint density at radius 2 is 1.78 bits per heavy atom. The molecule has 0 saturated heterocycles. The topological polar surface area (TPSA) is 93.7 Å². The third-order valence-electron chi connectivity index (χ3n) is 2.68. The number of ether oxygens (including phenoxy) is 2. The molecule has 0 spiro atoms. The summed E-state index contributed by atoms with van der Waals surface area (Å²) in [5.74, 6) is -1.69. The second kappa shape index (κ2) is 9.39. The molecule has 23 heavy (non-hydrogen) atoms. The molecule has 0 saturated carbocycles. The average molecular weight is 326 g/mol. The van der Waals surface area contributed by atoms with E-state index in [1.165, 1.54) is 31.2 Å². The molecule has 0 aliphatic heterocycles. The summed E-state index contributed by atoms with van der Waals surface area (Å²) >= 11 is 0. The minimum absolute atomic E-state index is 0.0722. The average Bonchev–Trinajstić information content (AvgIpc) is 2.53. The molecule has 0 bridgehead atoms. The SMILES string of the molecule is CCOC(=O)CCC(=O)NNC(=O)[C@@H](C)Oc1ccc(F)cc1. The number of carbonyl (C=O) groups excluding carboxylic acids is 3. The van der Waals surface area contributed by atoms with E-state index in [-0.39, 0.29) is 19.4 Å². The van der Waals surface area contributed by atoms with E-state index in [2.05, 4.69) is 15.6 Å². The second-order valence-electron chi connectivity index (χ2n) is 4.56. The molecule has 0 fully saturated rings. The fourth-order valence-corrected chi connectivity index (χ4v) is 1.51. The number of benzene rings is 1. The first-order chi connectivity index (χ1) is 10.9. The zero-order valence-corrected chi connectivity index (χ0v) is 12.9. The van der Waals surface area contributed by atoms with Gasteiger partial charge in [0.2, 0.25) is 5.91 Å². The molecule has 0 aliphatic carbocycles. The minimum atomic E-state index is -0.897. The van der Waals surface area contributed by atoms with Crippen LogP contribution in [0.25, 0.3) is 0 Å². The molecule has 0 aromatic heterocycles. The first-order valence-corrected chi connectivity index (χ1v) is 7.09. The predicted octanol–water partition coefficient (Wildman–Crippen LogP) is 1.08. The van der Waals surface area contributed by atoms with Crippen molar-refractivity contribution < 1.29 is 28.2 Å². The first kappa shape index (κ1) is 18.4. The van der Waals surface area contributed by atoms with Crippen LogP contribution in [0.5, 0.6) is 5.75 Å². The Morgan fingerprint density at radius 1 is 1.13 bits per heavy atom. The number of carbonyl (C=O) groups is 3. The smallest absolute Gasteiger partial charge is 0.306 e. The molecule has 0 heterocycles. The highest BCUT2D eigenvalue weighted by Gasteiger charge is 2.16. The van der Waals surface area contributed by atoms with E-state index >= 15 is 0 Å². The third-order valence-corrected chi connectivity index (χ3v) is 2.68. The minimum Gasteiger partial charge on any atom is -0.481 e.